The maximum Gasteiger partial charge on any atom is 0.148 e. The molecule has 1 fully saturated rings. The average molecular weight is 388 g/mol. The molecule has 1 aromatic carbocycles. The van der Waals surface area contributed by atoms with Gasteiger partial charge in [-0.05, 0) is 49.3 Å². The van der Waals surface area contributed by atoms with Crippen LogP contribution in [0.1, 0.15) is 19.3 Å². The minimum atomic E-state index is -0.0895. The zero-order valence-electron chi connectivity index (χ0n) is 16.1. The van der Waals surface area contributed by atoms with Crippen LogP contribution in [0.25, 0.3) is 22.2 Å². The SMILES string of the molecule is C=C(O)/C=C\C=C(/N)C1(CNc2ccc(-c3ccc4[nH]ncc4c3)nn2)CCC1. The number of anilines is 1. The third-order valence-electron chi connectivity index (χ3n) is 5.50. The van der Waals surface area contributed by atoms with E-state index < -0.39 is 0 Å². The summed E-state index contributed by atoms with van der Waals surface area (Å²) in [6.07, 6.45) is 10.1. The highest BCUT2D eigenvalue weighted by atomic mass is 16.3. The molecule has 0 bridgehead atoms. The molecule has 29 heavy (non-hydrogen) atoms. The predicted octanol–water partition coefficient (Wildman–Crippen LogP) is 4.07. The molecule has 2 aromatic heterocycles. The Kier molecular flexibility index (Phi) is 5.03. The Balaban J connectivity index is 1.43. The molecule has 0 saturated heterocycles. The second kappa shape index (κ2) is 7.79. The summed E-state index contributed by atoms with van der Waals surface area (Å²) >= 11 is 0. The molecule has 0 unspecified atom stereocenters. The summed E-state index contributed by atoms with van der Waals surface area (Å²) in [5.41, 5.74) is 9.83. The molecular weight excluding hydrogens is 364 g/mol. The van der Waals surface area contributed by atoms with E-state index in [4.69, 9.17) is 10.8 Å². The number of aliphatic hydroxyl groups excluding tert-OH is 1. The number of hydrogen-bond acceptors (Lipinski definition) is 6. The molecule has 0 spiro atoms. The molecule has 0 radical (unpaired) electrons. The molecule has 1 aliphatic carbocycles. The van der Waals surface area contributed by atoms with Gasteiger partial charge in [-0.25, -0.2) is 0 Å². The second-order valence-electron chi connectivity index (χ2n) is 7.44. The lowest BCUT2D eigenvalue weighted by Gasteiger charge is -2.42. The Hall–Kier alpha value is -3.61. The van der Waals surface area contributed by atoms with Crippen molar-refractivity contribution in [1.29, 1.82) is 0 Å². The van der Waals surface area contributed by atoms with E-state index in [1.165, 1.54) is 6.08 Å². The lowest BCUT2D eigenvalue weighted by Crippen LogP contribution is -2.41. The van der Waals surface area contributed by atoms with Gasteiger partial charge < -0.3 is 16.2 Å². The summed E-state index contributed by atoms with van der Waals surface area (Å²) in [6, 6.07) is 9.92. The Morgan fingerprint density at radius 2 is 2.14 bits per heavy atom. The normalized spacial score (nSPS) is 16.1. The molecule has 148 valence electrons. The van der Waals surface area contributed by atoms with Crippen LogP contribution >= 0.6 is 0 Å². The van der Waals surface area contributed by atoms with Gasteiger partial charge in [0, 0.05) is 28.6 Å². The molecule has 1 aliphatic rings. The summed E-state index contributed by atoms with van der Waals surface area (Å²) in [4.78, 5) is 0. The summed E-state index contributed by atoms with van der Waals surface area (Å²) < 4.78 is 0. The first kappa shape index (κ1) is 18.7. The van der Waals surface area contributed by atoms with Gasteiger partial charge in [0.2, 0.25) is 0 Å². The number of aromatic amines is 1. The van der Waals surface area contributed by atoms with Crippen molar-refractivity contribution in [2.45, 2.75) is 19.3 Å². The van der Waals surface area contributed by atoms with Crippen molar-refractivity contribution in [1.82, 2.24) is 20.4 Å². The first-order valence-electron chi connectivity index (χ1n) is 9.59. The van der Waals surface area contributed by atoms with Gasteiger partial charge in [-0.1, -0.05) is 25.1 Å². The van der Waals surface area contributed by atoms with E-state index in [0.717, 1.165) is 52.9 Å². The van der Waals surface area contributed by atoms with Crippen LogP contribution in [0, 0.1) is 5.41 Å². The highest BCUT2D eigenvalue weighted by Gasteiger charge is 2.39. The predicted molar refractivity (Wildman–Crippen MR) is 115 cm³/mol. The summed E-state index contributed by atoms with van der Waals surface area (Å²) in [5, 5.41) is 29.2. The number of H-pyrrole nitrogens is 1. The van der Waals surface area contributed by atoms with Crippen molar-refractivity contribution in [3.8, 4) is 11.3 Å². The monoisotopic (exact) mass is 388 g/mol. The van der Waals surface area contributed by atoms with Crippen LogP contribution in [-0.4, -0.2) is 32.0 Å². The average Bonchev–Trinajstić information content (AvgIpc) is 3.15. The molecule has 7 nitrogen and oxygen atoms in total. The Bertz CT molecular complexity index is 1080. The minimum Gasteiger partial charge on any atom is -0.509 e. The Labute approximate surface area is 169 Å². The second-order valence-corrected chi connectivity index (χ2v) is 7.44. The van der Waals surface area contributed by atoms with Gasteiger partial charge in [0.25, 0.3) is 0 Å². The van der Waals surface area contributed by atoms with Crippen molar-refractivity contribution in [3.05, 3.63) is 72.8 Å². The van der Waals surface area contributed by atoms with Crippen LogP contribution in [0.2, 0.25) is 0 Å². The number of nitrogens with zero attached hydrogens (tertiary/aromatic N) is 3. The molecule has 3 aromatic rings. The van der Waals surface area contributed by atoms with E-state index in [2.05, 4.69) is 32.3 Å². The fraction of sp³-hybridized carbons (Fsp3) is 0.227. The maximum atomic E-state index is 9.15. The largest absolute Gasteiger partial charge is 0.509 e. The third kappa shape index (κ3) is 3.99. The van der Waals surface area contributed by atoms with Crippen LogP contribution in [-0.2, 0) is 0 Å². The fourth-order valence-electron chi connectivity index (χ4n) is 3.55. The summed E-state index contributed by atoms with van der Waals surface area (Å²) in [5.74, 6) is 0.730. The first-order valence-corrected chi connectivity index (χ1v) is 9.59. The zero-order chi connectivity index (χ0) is 20.3. The van der Waals surface area contributed by atoms with Crippen LogP contribution in [0.5, 0.6) is 0 Å². The number of aliphatic hydroxyl groups is 1. The number of nitrogens with two attached hydrogens (primary N) is 1. The Morgan fingerprint density at radius 3 is 2.83 bits per heavy atom. The van der Waals surface area contributed by atoms with Gasteiger partial charge in [-0.2, -0.15) is 5.10 Å². The number of rotatable bonds is 7. The highest BCUT2D eigenvalue weighted by molar-refractivity contribution is 5.83. The minimum absolute atomic E-state index is 0.0112. The number of allylic oxidation sites excluding steroid dienone is 3. The molecule has 0 aliphatic heterocycles. The smallest absolute Gasteiger partial charge is 0.148 e. The van der Waals surface area contributed by atoms with E-state index in [-0.39, 0.29) is 11.2 Å². The number of hydrogen-bond donors (Lipinski definition) is 4. The molecule has 0 amide bonds. The zero-order valence-corrected chi connectivity index (χ0v) is 16.1. The molecule has 4 rings (SSSR count). The molecule has 7 heteroatoms. The van der Waals surface area contributed by atoms with Crippen molar-refractivity contribution in [2.75, 3.05) is 11.9 Å². The fourth-order valence-corrected chi connectivity index (χ4v) is 3.55. The maximum absolute atomic E-state index is 9.15. The van der Waals surface area contributed by atoms with Crippen LogP contribution in [0.3, 0.4) is 0 Å². The molecule has 0 atom stereocenters. The van der Waals surface area contributed by atoms with E-state index in [9.17, 15) is 0 Å². The van der Waals surface area contributed by atoms with Gasteiger partial charge >= 0.3 is 0 Å². The van der Waals surface area contributed by atoms with Crippen LogP contribution in [0.4, 0.5) is 5.82 Å². The van der Waals surface area contributed by atoms with Crippen molar-refractivity contribution >= 4 is 16.7 Å². The van der Waals surface area contributed by atoms with Crippen LogP contribution in [0.15, 0.2) is 72.8 Å². The number of benzene rings is 1. The third-order valence-corrected chi connectivity index (χ3v) is 5.50. The van der Waals surface area contributed by atoms with Crippen molar-refractivity contribution in [2.24, 2.45) is 11.1 Å². The van der Waals surface area contributed by atoms with E-state index in [0.29, 0.717) is 6.54 Å². The van der Waals surface area contributed by atoms with Gasteiger partial charge in [-0.15, -0.1) is 10.2 Å². The van der Waals surface area contributed by atoms with Crippen molar-refractivity contribution < 1.29 is 5.11 Å². The van der Waals surface area contributed by atoms with Gasteiger partial charge in [0.15, 0.2) is 0 Å². The topological polar surface area (TPSA) is 113 Å². The van der Waals surface area contributed by atoms with Gasteiger partial charge in [0.1, 0.15) is 11.6 Å². The molecule has 2 heterocycles. The molecular formula is C22H24N6O. The lowest BCUT2D eigenvalue weighted by molar-refractivity contribution is 0.201. The van der Waals surface area contributed by atoms with E-state index in [1.54, 1.807) is 12.3 Å². The summed E-state index contributed by atoms with van der Waals surface area (Å²) in [6.45, 7) is 4.12. The summed E-state index contributed by atoms with van der Waals surface area (Å²) in [7, 11) is 0. The number of nitrogens with one attached hydrogen (secondary N) is 2. The number of aromatic nitrogens is 4. The van der Waals surface area contributed by atoms with Crippen LogP contribution < -0.4 is 11.1 Å². The molecule has 1 saturated carbocycles. The van der Waals surface area contributed by atoms with Gasteiger partial charge in [-0.3, -0.25) is 5.10 Å². The van der Waals surface area contributed by atoms with E-state index in [1.807, 2.05) is 36.4 Å². The quantitative estimate of drug-likeness (QED) is 0.358. The standard InChI is InChI=1S/C22H24N6O/c1-15(29)4-2-5-20(23)22(10-3-11-22)14-24-21-9-8-18(27-28-21)16-6-7-19-17(12-16)13-25-26-19/h2,4-9,12-13,29H,1,3,10-11,14,23H2,(H,24,28)(H,25,26)/b4-2-,20-5-. The molecule has 5 N–H and O–H groups in total. The van der Waals surface area contributed by atoms with Crippen molar-refractivity contribution in [3.63, 3.8) is 0 Å². The first-order chi connectivity index (χ1) is 14.1. The number of fused-ring (bicyclic) bond motifs is 1. The Morgan fingerprint density at radius 1 is 1.28 bits per heavy atom. The lowest BCUT2D eigenvalue weighted by atomic mass is 9.66. The van der Waals surface area contributed by atoms with E-state index >= 15 is 0 Å². The van der Waals surface area contributed by atoms with Gasteiger partial charge in [0.05, 0.1) is 17.4 Å². The highest BCUT2D eigenvalue weighted by Crippen LogP contribution is 2.45.